The fourth-order valence-electron chi connectivity index (χ4n) is 4.12. The molecule has 1 unspecified atom stereocenters. The Morgan fingerprint density at radius 3 is 2.38 bits per heavy atom. The summed E-state index contributed by atoms with van der Waals surface area (Å²) < 4.78 is 10.6. The summed E-state index contributed by atoms with van der Waals surface area (Å²) in [5.41, 5.74) is 0. The van der Waals surface area contributed by atoms with Gasteiger partial charge in [-0.2, -0.15) is 5.26 Å². The van der Waals surface area contributed by atoms with Gasteiger partial charge in [0.15, 0.2) is 17.7 Å². The van der Waals surface area contributed by atoms with Crippen LogP contribution in [0.4, 0.5) is 0 Å². The van der Waals surface area contributed by atoms with E-state index in [-0.39, 0.29) is 18.4 Å². The lowest BCUT2D eigenvalue weighted by Gasteiger charge is -2.27. The third-order valence-corrected chi connectivity index (χ3v) is 5.81. The fraction of sp³-hybridized carbons (Fsp3) is 0.583. The first-order chi connectivity index (χ1) is 16.6. The zero-order chi connectivity index (χ0) is 24.2. The van der Waals surface area contributed by atoms with E-state index in [1.807, 2.05) is 42.3 Å². The zero-order valence-corrected chi connectivity index (χ0v) is 19.8. The Balaban J connectivity index is 0.000000266. The first kappa shape index (κ1) is 25.1. The molecule has 0 saturated carbocycles. The Labute approximate surface area is 200 Å². The summed E-state index contributed by atoms with van der Waals surface area (Å²) in [5.74, 6) is 1.95. The smallest absolute Gasteiger partial charge is 0.245 e. The van der Waals surface area contributed by atoms with Crippen molar-refractivity contribution in [2.24, 2.45) is 4.99 Å². The molecule has 2 N–H and O–H groups in total. The van der Waals surface area contributed by atoms with Gasteiger partial charge in [0.2, 0.25) is 17.8 Å². The number of benzene rings is 1. The third kappa shape index (κ3) is 7.27. The van der Waals surface area contributed by atoms with Crippen LogP contribution >= 0.6 is 0 Å². The van der Waals surface area contributed by atoms with Crippen molar-refractivity contribution in [3.8, 4) is 17.7 Å². The molecule has 2 amide bonds. The molecule has 0 bridgehead atoms. The van der Waals surface area contributed by atoms with Gasteiger partial charge in [-0.1, -0.05) is 12.1 Å². The van der Waals surface area contributed by atoms with Crippen molar-refractivity contribution in [3.05, 3.63) is 24.3 Å². The van der Waals surface area contributed by atoms with Gasteiger partial charge in [0.1, 0.15) is 19.3 Å². The number of aliphatic imine (C=N–C) groups is 1. The van der Waals surface area contributed by atoms with E-state index in [1.54, 1.807) is 4.90 Å². The van der Waals surface area contributed by atoms with Gasteiger partial charge in [0.05, 0.1) is 6.54 Å². The molecule has 184 valence electrons. The van der Waals surface area contributed by atoms with E-state index in [1.165, 1.54) is 0 Å². The number of ether oxygens (including phenoxy) is 2. The number of nitrogens with one attached hydrogen (secondary N) is 2. The Bertz CT molecular complexity index is 869. The topological polar surface area (TPSA) is 119 Å². The molecule has 10 nitrogen and oxygen atoms in total. The first-order valence-electron chi connectivity index (χ1n) is 12.0. The van der Waals surface area contributed by atoms with E-state index in [0.29, 0.717) is 38.7 Å². The maximum atomic E-state index is 12.8. The SMILES string of the molecule is CCN=C(NC#N)NC1CCCCN(CC(=O)N2CCCC2)C1=O.c1ccc2c(c1)OCCO2. The average Bonchev–Trinajstić information content (AvgIpc) is 3.35. The molecule has 34 heavy (non-hydrogen) atoms. The number of hydrogen-bond acceptors (Lipinski definition) is 6. The molecule has 1 atom stereocenters. The van der Waals surface area contributed by atoms with Crippen LogP contribution in [-0.2, 0) is 9.59 Å². The number of carbonyl (C=O) groups excluding carboxylic acids is 2. The summed E-state index contributed by atoms with van der Waals surface area (Å²) in [6.07, 6.45) is 6.35. The van der Waals surface area contributed by atoms with Crippen LogP contribution in [-0.4, -0.2) is 79.6 Å². The van der Waals surface area contributed by atoms with Crippen molar-refractivity contribution < 1.29 is 19.1 Å². The number of hydrogen-bond donors (Lipinski definition) is 2. The van der Waals surface area contributed by atoms with Crippen molar-refractivity contribution in [3.63, 3.8) is 0 Å². The first-order valence-corrected chi connectivity index (χ1v) is 12.0. The number of nitriles is 1. The normalized spacial score (nSPS) is 19.9. The summed E-state index contributed by atoms with van der Waals surface area (Å²) in [6, 6.07) is 7.24. The average molecular weight is 471 g/mol. The van der Waals surface area contributed by atoms with Crippen molar-refractivity contribution in [1.82, 2.24) is 20.4 Å². The van der Waals surface area contributed by atoms with Crippen LogP contribution < -0.4 is 20.1 Å². The number of likely N-dealkylation sites (tertiary alicyclic amines) is 2. The van der Waals surface area contributed by atoms with Crippen LogP contribution in [0.2, 0.25) is 0 Å². The molecule has 1 aromatic rings. The summed E-state index contributed by atoms with van der Waals surface area (Å²) in [7, 11) is 0. The highest BCUT2D eigenvalue weighted by Gasteiger charge is 2.30. The highest BCUT2D eigenvalue weighted by atomic mass is 16.6. The second-order valence-corrected chi connectivity index (χ2v) is 8.24. The number of para-hydroxylation sites is 2. The molecule has 0 aromatic heterocycles. The van der Waals surface area contributed by atoms with E-state index in [4.69, 9.17) is 14.7 Å². The van der Waals surface area contributed by atoms with Gasteiger partial charge in [-0.3, -0.25) is 19.9 Å². The lowest BCUT2D eigenvalue weighted by molar-refractivity contribution is -0.140. The van der Waals surface area contributed by atoms with Crippen LogP contribution in [0.5, 0.6) is 11.5 Å². The summed E-state index contributed by atoms with van der Waals surface area (Å²) in [6.45, 7) is 6.02. The lowest BCUT2D eigenvalue weighted by atomic mass is 10.1. The van der Waals surface area contributed by atoms with Gasteiger partial charge >= 0.3 is 0 Å². The Morgan fingerprint density at radius 1 is 1.12 bits per heavy atom. The molecule has 2 fully saturated rings. The van der Waals surface area contributed by atoms with Gasteiger partial charge in [-0.05, 0) is 51.2 Å². The highest BCUT2D eigenvalue weighted by molar-refractivity contribution is 5.92. The lowest BCUT2D eigenvalue weighted by Crippen LogP contribution is -2.52. The number of guanidine groups is 1. The van der Waals surface area contributed by atoms with E-state index < -0.39 is 6.04 Å². The van der Waals surface area contributed by atoms with E-state index >= 15 is 0 Å². The molecule has 10 heteroatoms. The van der Waals surface area contributed by atoms with Crippen LogP contribution in [0.15, 0.2) is 29.3 Å². The number of nitrogens with zero attached hydrogens (tertiary/aromatic N) is 4. The van der Waals surface area contributed by atoms with Gasteiger partial charge in [-0.15, -0.1) is 0 Å². The quantitative estimate of drug-likeness (QED) is 0.296. The van der Waals surface area contributed by atoms with Gasteiger partial charge in [0, 0.05) is 26.2 Å². The molecule has 3 aliphatic rings. The third-order valence-electron chi connectivity index (χ3n) is 5.81. The summed E-state index contributed by atoms with van der Waals surface area (Å²) >= 11 is 0. The van der Waals surface area contributed by atoms with E-state index in [0.717, 1.165) is 50.3 Å². The molecule has 3 aliphatic heterocycles. The number of fused-ring (bicyclic) bond motifs is 1. The highest BCUT2D eigenvalue weighted by Crippen LogP contribution is 2.28. The fourth-order valence-corrected chi connectivity index (χ4v) is 4.12. The minimum Gasteiger partial charge on any atom is -0.486 e. The second-order valence-electron chi connectivity index (χ2n) is 8.24. The van der Waals surface area contributed by atoms with Gasteiger partial charge in [0.25, 0.3) is 0 Å². The predicted molar refractivity (Wildman–Crippen MR) is 127 cm³/mol. The second kappa shape index (κ2) is 13.3. The standard InChI is InChI=1S/C16H26N6O2.C8H8O2/c1-2-18-16(19-12-17)20-13-7-3-4-10-22(15(13)24)11-14(23)21-8-5-6-9-21;1-2-4-8-7(3-1)9-5-6-10-8/h13H,2-11H2,1H3,(H2,18,19,20);1-4H,5-6H2. The molecule has 0 spiro atoms. The maximum absolute atomic E-state index is 12.8. The zero-order valence-electron chi connectivity index (χ0n) is 19.8. The van der Waals surface area contributed by atoms with Crippen LogP contribution in [0.1, 0.15) is 39.0 Å². The summed E-state index contributed by atoms with van der Waals surface area (Å²) in [5, 5.41) is 14.3. The summed E-state index contributed by atoms with van der Waals surface area (Å²) in [4.78, 5) is 32.7. The molecule has 0 aliphatic carbocycles. The largest absolute Gasteiger partial charge is 0.486 e. The van der Waals surface area contributed by atoms with Gasteiger partial charge in [-0.25, -0.2) is 0 Å². The van der Waals surface area contributed by atoms with Crippen LogP contribution in [0.3, 0.4) is 0 Å². The number of rotatable bonds is 4. The minimum absolute atomic E-state index is 0.0269. The Hall–Kier alpha value is -3.48. The molecular formula is C24H34N6O4. The minimum atomic E-state index is -0.454. The monoisotopic (exact) mass is 470 g/mol. The van der Waals surface area contributed by atoms with Crippen molar-refractivity contribution in [2.75, 3.05) is 45.9 Å². The molecule has 4 rings (SSSR count). The van der Waals surface area contributed by atoms with Crippen LogP contribution in [0, 0.1) is 11.5 Å². The Kier molecular flexibility index (Phi) is 9.82. The van der Waals surface area contributed by atoms with E-state index in [9.17, 15) is 9.59 Å². The molecule has 0 radical (unpaired) electrons. The van der Waals surface area contributed by atoms with E-state index in [2.05, 4.69) is 15.6 Å². The number of carbonyl (C=O) groups is 2. The molecule has 3 heterocycles. The molecule has 2 saturated heterocycles. The van der Waals surface area contributed by atoms with Crippen molar-refractivity contribution in [2.45, 2.75) is 45.1 Å². The predicted octanol–water partition coefficient (Wildman–Crippen LogP) is 1.48. The van der Waals surface area contributed by atoms with Crippen LogP contribution in [0.25, 0.3) is 0 Å². The number of amides is 2. The van der Waals surface area contributed by atoms with Gasteiger partial charge < -0.3 is 24.6 Å². The van der Waals surface area contributed by atoms with Crippen molar-refractivity contribution in [1.29, 1.82) is 5.26 Å². The molecular weight excluding hydrogens is 436 g/mol. The Morgan fingerprint density at radius 2 is 1.76 bits per heavy atom. The maximum Gasteiger partial charge on any atom is 0.245 e. The molecule has 1 aromatic carbocycles. The van der Waals surface area contributed by atoms with Crippen molar-refractivity contribution >= 4 is 17.8 Å².